The molecule has 0 bridgehead atoms. The number of halogens is 1. The van der Waals surface area contributed by atoms with E-state index in [-0.39, 0.29) is 24.7 Å². The molecule has 0 saturated carbocycles. The zero-order chi connectivity index (χ0) is 14.9. The van der Waals surface area contributed by atoms with Crippen molar-refractivity contribution in [2.45, 2.75) is 17.9 Å². The van der Waals surface area contributed by atoms with Gasteiger partial charge in [0.15, 0.2) is 0 Å². The third kappa shape index (κ3) is 2.82. The second kappa shape index (κ2) is 5.47. The minimum Gasteiger partial charge on any atom is -0.480 e. The fourth-order valence-corrected chi connectivity index (χ4v) is 3.73. The van der Waals surface area contributed by atoms with Crippen LogP contribution in [0.4, 0.5) is 4.39 Å². The van der Waals surface area contributed by atoms with Crippen LogP contribution in [0, 0.1) is 12.7 Å². The van der Waals surface area contributed by atoms with Gasteiger partial charge in [-0.15, -0.1) is 0 Å². The predicted molar refractivity (Wildman–Crippen MR) is 67.3 cm³/mol. The Morgan fingerprint density at radius 1 is 1.45 bits per heavy atom. The van der Waals surface area contributed by atoms with Gasteiger partial charge in [-0.05, 0) is 30.7 Å². The minimum atomic E-state index is -4.07. The van der Waals surface area contributed by atoms with Crippen molar-refractivity contribution < 1.29 is 27.4 Å². The number of aliphatic carboxylic acids is 1. The molecule has 1 atom stereocenters. The Labute approximate surface area is 115 Å². The van der Waals surface area contributed by atoms with Crippen LogP contribution >= 0.6 is 0 Å². The molecule has 1 aliphatic rings. The quantitative estimate of drug-likeness (QED) is 0.884. The van der Waals surface area contributed by atoms with Crippen molar-refractivity contribution in [3.8, 4) is 0 Å². The fraction of sp³-hybridized carbons (Fsp3) is 0.417. The number of carbonyl (C=O) groups is 1. The maximum Gasteiger partial charge on any atom is 0.324 e. The highest BCUT2D eigenvalue weighted by atomic mass is 32.2. The highest BCUT2D eigenvalue weighted by Crippen LogP contribution is 2.22. The molecule has 0 aromatic heterocycles. The molecule has 0 radical (unpaired) electrons. The van der Waals surface area contributed by atoms with Crippen LogP contribution in [-0.2, 0) is 19.6 Å². The Morgan fingerprint density at radius 3 is 2.75 bits per heavy atom. The van der Waals surface area contributed by atoms with Gasteiger partial charge >= 0.3 is 5.97 Å². The van der Waals surface area contributed by atoms with Crippen LogP contribution in [0.25, 0.3) is 0 Å². The summed E-state index contributed by atoms with van der Waals surface area (Å²) < 4.78 is 44.1. The van der Waals surface area contributed by atoms with Crippen LogP contribution in [0.5, 0.6) is 0 Å². The lowest BCUT2D eigenvalue weighted by atomic mass is 10.2. The maximum absolute atomic E-state index is 13.4. The van der Waals surface area contributed by atoms with Gasteiger partial charge in [0.2, 0.25) is 10.0 Å². The Balaban J connectivity index is 2.44. The van der Waals surface area contributed by atoms with E-state index in [1.807, 2.05) is 0 Å². The molecule has 0 amide bonds. The van der Waals surface area contributed by atoms with E-state index in [0.29, 0.717) is 5.56 Å². The lowest BCUT2D eigenvalue weighted by Gasteiger charge is -2.31. The molecule has 0 spiro atoms. The highest BCUT2D eigenvalue weighted by molar-refractivity contribution is 7.89. The lowest BCUT2D eigenvalue weighted by molar-refractivity contribution is -0.146. The number of carboxylic acid groups (broad SMARTS) is 1. The van der Waals surface area contributed by atoms with E-state index in [4.69, 9.17) is 9.84 Å². The number of ether oxygens (including phenoxy) is 1. The topological polar surface area (TPSA) is 83.9 Å². The van der Waals surface area contributed by atoms with Crippen molar-refractivity contribution in [1.29, 1.82) is 0 Å². The van der Waals surface area contributed by atoms with Gasteiger partial charge in [-0.1, -0.05) is 0 Å². The third-order valence-corrected chi connectivity index (χ3v) is 4.87. The van der Waals surface area contributed by atoms with E-state index in [9.17, 15) is 17.6 Å². The molecule has 1 N–H and O–H groups in total. The predicted octanol–water partition coefficient (Wildman–Crippen LogP) is 0.608. The summed E-state index contributed by atoms with van der Waals surface area (Å²) in [6, 6.07) is 2.11. The second-order valence-corrected chi connectivity index (χ2v) is 6.40. The van der Waals surface area contributed by atoms with Crippen LogP contribution < -0.4 is 0 Å². The Morgan fingerprint density at radius 2 is 2.15 bits per heavy atom. The van der Waals surface area contributed by atoms with Crippen molar-refractivity contribution in [2.24, 2.45) is 0 Å². The monoisotopic (exact) mass is 303 g/mol. The van der Waals surface area contributed by atoms with Gasteiger partial charge in [0.1, 0.15) is 11.9 Å². The zero-order valence-corrected chi connectivity index (χ0v) is 11.6. The highest BCUT2D eigenvalue weighted by Gasteiger charge is 2.38. The zero-order valence-electron chi connectivity index (χ0n) is 10.7. The van der Waals surface area contributed by atoms with Crippen molar-refractivity contribution in [3.63, 3.8) is 0 Å². The number of rotatable bonds is 3. The number of hydrogen-bond donors (Lipinski definition) is 1. The fourth-order valence-electron chi connectivity index (χ4n) is 2.06. The molecule has 0 aliphatic carbocycles. The van der Waals surface area contributed by atoms with E-state index in [1.54, 1.807) is 6.92 Å². The molecular formula is C12H14FNO5S. The van der Waals surface area contributed by atoms with Gasteiger partial charge in [-0.2, -0.15) is 4.31 Å². The Bertz CT molecular complexity index is 610. The number of morpholine rings is 1. The first-order chi connectivity index (χ1) is 9.32. The van der Waals surface area contributed by atoms with Gasteiger partial charge in [-0.3, -0.25) is 4.79 Å². The molecule has 6 nitrogen and oxygen atoms in total. The standard InChI is InChI=1S/C12H14FNO5S/c1-8-4-9(13)6-10(5-8)20(17,18)14-2-3-19-7-11(14)12(15)16/h4-6,11H,2-3,7H2,1H3,(H,15,16). The van der Waals surface area contributed by atoms with Crippen molar-refractivity contribution >= 4 is 16.0 Å². The van der Waals surface area contributed by atoms with E-state index < -0.39 is 27.9 Å². The molecule has 110 valence electrons. The largest absolute Gasteiger partial charge is 0.480 e. The van der Waals surface area contributed by atoms with Crippen LogP contribution in [-0.4, -0.2) is 49.6 Å². The molecule has 1 aromatic carbocycles. The molecule has 1 aliphatic heterocycles. The average molecular weight is 303 g/mol. The maximum atomic E-state index is 13.4. The van der Waals surface area contributed by atoms with Crippen molar-refractivity contribution in [2.75, 3.05) is 19.8 Å². The average Bonchev–Trinajstić information content (AvgIpc) is 2.37. The first-order valence-corrected chi connectivity index (χ1v) is 7.36. The van der Waals surface area contributed by atoms with Crippen LogP contribution in [0.2, 0.25) is 0 Å². The van der Waals surface area contributed by atoms with Gasteiger partial charge < -0.3 is 9.84 Å². The SMILES string of the molecule is Cc1cc(F)cc(S(=O)(=O)N2CCOCC2C(=O)O)c1. The van der Waals surface area contributed by atoms with Gasteiger partial charge in [0.25, 0.3) is 0 Å². The summed E-state index contributed by atoms with van der Waals surface area (Å²) in [6.45, 7) is 1.38. The molecule has 1 saturated heterocycles. The Kier molecular flexibility index (Phi) is 4.07. The molecule has 1 heterocycles. The normalized spacial score (nSPS) is 20.8. The number of benzene rings is 1. The van der Waals surface area contributed by atoms with Gasteiger partial charge in [0.05, 0.1) is 18.1 Å². The third-order valence-electron chi connectivity index (χ3n) is 2.99. The molecule has 1 aromatic rings. The summed E-state index contributed by atoms with van der Waals surface area (Å²) >= 11 is 0. The Hall–Kier alpha value is -1.51. The second-order valence-electron chi connectivity index (χ2n) is 4.51. The smallest absolute Gasteiger partial charge is 0.324 e. The van der Waals surface area contributed by atoms with Crippen molar-refractivity contribution in [3.05, 3.63) is 29.6 Å². The van der Waals surface area contributed by atoms with E-state index in [0.717, 1.165) is 10.4 Å². The number of hydrogen-bond acceptors (Lipinski definition) is 4. The molecule has 1 unspecified atom stereocenters. The first kappa shape index (κ1) is 14.9. The summed E-state index contributed by atoms with van der Waals surface area (Å²) in [5.41, 5.74) is 0.448. The first-order valence-electron chi connectivity index (χ1n) is 5.92. The summed E-state index contributed by atoms with van der Waals surface area (Å²) in [4.78, 5) is 10.9. The number of nitrogens with zero attached hydrogens (tertiary/aromatic N) is 1. The van der Waals surface area contributed by atoms with Crippen LogP contribution in [0.15, 0.2) is 23.1 Å². The summed E-state index contributed by atoms with van der Waals surface area (Å²) in [5.74, 6) is -1.97. The number of sulfonamides is 1. The van der Waals surface area contributed by atoms with Crippen LogP contribution in [0.1, 0.15) is 5.56 Å². The summed E-state index contributed by atoms with van der Waals surface area (Å²) in [6.07, 6.45) is 0. The minimum absolute atomic E-state index is 0.0745. The van der Waals surface area contributed by atoms with E-state index >= 15 is 0 Å². The molecule has 20 heavy (non-hydrogen) atoms. The van der Waals surface area contributed by atoms with Gasteiger partial charge in [-0.25, -0.2) is 12.8 Å². The molecular weight excluding hydrogens is 289 g/mol. The van der Waals surface area contributed by atoms with E-state index in [1.165, 1.54) is 12.1 Å². The van der Waals surface area contributed by atoms with E-state index in [2.05, 4.69) is 0 Å². The van der Waals surface area contributed by atoms with Crippen LogP contribution in [0.3, 0.4) is 0 Å². The molecule has 1 fully saturated rings. The van der Waals surface area contributed by atoms with Crippen molar-refractivity contribution in [1.82, 2.24) is 4.31 Å². The summed E-state index contributed by atoms with van der Waals surface area (Å²) in [5, 5.41) is 9.07. The molecule has 8 heteroatoms. The summed E-state index contributed by atoms with van der Waals surface area (Å²) in [7, 11) is -4.07. The van der Waals surface area contributed by atoms with Gasteiger partial charge in [0, 0.05) is 6.54 Å². The number of aryl methyl sites for hydroxylation is 1. The lowest BCUT2D eigenvalue weighted by Crippen LogP contribution is -2.52. The molecule has 2 rings (SSSR count). The number of carboxylic acids is 1.